The van der Waals surface area contributed by atoms with E-state index in [1.165, 1.54) is 11.0 Å². The van der Waals surface area contributed by atoms with Crippen molar-refractivity contribution in [2.75, 3.05) is 19.7 Å². The first-order valence-corrected chi connectivity index (χ1v) is 9.01. The Kier molecular flexibility index (Phi) is 4.46. The lowest BCUT2D eigenvalue weighted by molar-refractivity contribution is -0.152. The average molecular weight is 371 g/mol. The number of likely N-dealkylation sites (tertiary alicyclic amines) is 1. The topological polar surface area (TPSA) is 119 Å². The summed E-state index contributed by atoms with van der Waals surface area (Å²) in [6, 6.07) is 1.61. The maximum atomic E-state index is 12.9. The van der Waals surface area contributed by atoms with Crippen molar-refractivity contribution in [1.29, 1.82) is 0 Å². The smallest absolute Gasteiger partial charge is 0.309 e. The van der Waals surface area contributed by atoms with Gasteiger partial charge < -0.3 is 9.64 Å². The number of esters is 1. The van der Waals surface area contributed by atoms with Crippen molar-refractivity contribution in [3.8, 4) is 5.82 Å². The molecule has 2 aromatic heterocycles. The highest BCUT2D eigenvalue weighted by molar-refractivity contribution is 5.93. The molecule has 0 saturated carbocycles. The molecular formula is C17H21N7O3. The quantitative estimate of drug-likeness (QED) is 0.612. The summed E-state index contributed by atoms with van der Waals surface area (Å²) in [6.07, 6.45) is 5.59. The fourth-order valence-electron chi connectivity index (χ4n) is 4.03. The molecule has 10 nitrogen and oxygen atoms in total. The second-order valence-electron chi connectivity index (χ2n) is 6.95. The Bertz CT molecular complexity index is 860. The summed E-state index contributed by atoms with van der Waals surface area (Å²) in [5, 5.41) is 17.7. The molecule has 0 aromatic carbocycles. The maximum Gasteiger partial charge on any atom is 0.309 e. The van der Waals surface area contributed by atoms with Gasteiger partial charge in [-0.2, -0.15) is 9.78 Å². The molecule has 2 aromatic rings. The van der Waals surface area contributed by atoms with Gasteiger partial charge in [-0.05, 0) is 35.1 Å². The highest BCUT2D eigenvalue weighted by Crippen LogP contribution is 2.40. The summed E-state index contributed by atoms with van der Waals surface area (Å²) in [6.45, 7) is 5.28. The zero-order valence-electron chi connectivity index (χ0n) is 15.1. The number of nitrogens with one attached hydrogen (secondary N) is 1. The van der Waals surface area contributed by atoms with Gasteiger partial charge in [-0.25, -0.2) is 0 Å². The van der Waals surface area contributed by atoms with Crippen molar-refractivity contribution < 1.29 is 14.3 Å². The number of carbonyl (C=O) groups is 2. The zero-order chi connectivity index (χ0) is 19.0. The van der Waals surface area contributed by atoms with E-state index in [1.807, 2.05) is 13.8 Å². The lowest BCUT2D eigenvalue weighted by Crippen LogP contribution is -2.37. The van der Waals surface area contributed by atoms with E-state index < -0.39 is 0 Å². The number of fused-ring (bicyclic) bond motifs is 1. The third-order valence-corrected chi connectivity index (χ3v) is 5.33. The van der Waals surface area contributed by atoms with Gasteiger partial charge in [-0.1, -0.05) is 19.1 Å². The fourth-order valence-corrected chi connectivity index (χ4v) is 4.03. The van der Waals surface area contributed by atoms with Crippen LogP contribution in [0.3, 0.4) is 0 Å². The molecule has 1 aliphatic heterocycles. The van der Waals surface area contributed by atoms with Gasteiger partial charge in [-0.15, -0.1) is 5.10 Å². The summed E-state index contributed by atoms with van der Waals surface area (Å²) < 4.78 is 6.64. The highest BCUT2D eigenvalue weighted by Gasteiger charge is 2.46. The van der Waals surface area contributed by atoms with Gasteiger partial charge in [-0.3, -0.25) is 14.7 Å². The Hall–Kier alpha value is -3.04. The van der Waals surface area contributed by atoms with Crippen molar-refractivity contribution in [2.45, 2.75) is 13.8 Å². The van der Waals surface area contributed by atoms with E-state index in [0.717, 1.165) is 0 Å². The summed E-state index contributed by atoms with van der Waals surface area (Å²) in [7, 11) is 0. The Labute approximate surface area is 155 Å². The first kappa shape index (κ1) is 17.4. The number of hydrogen-bond acceptors (Lipinski definition) is 7. The third kappa shape index (κ3) is 3.11. The monoisotopic (exact) mass is 371 g/mol. The number of H-pyrrole nitrogens is 1. The van der Waals surface area contributed by atoms with E-state index in [4.69, 9.17) is 4.74 Å². The molecule has 27 heavy (non-hydrogen) atoms. The van der Waals surface area contributed by atoms with E-state index in [-0.39, 0.29) is 35.5 Å². The normalized spacial score (nSPS) is 26.8. The van der Waals surface area contributed by atoms with Gasteiger partial charge in [0.25, 0.3) is 5.91 Å². The molecule has 142 valence electrons. The lowest BCUT2D eigenvalue weighted by Gasteiger charge is -2.31. The van der Waals surface area contributed by atoms with Crippen molar-refractivity contribution in [3.63, 3.8) is 0 Å². The molecule has 0 unspecified atom stereocenters. The van der Waals surface area contributed by atoms with Crippen molar-refractivity contribution >= 4 is 11.9 Å². The third-order valence-electron chi connectivity index (χ3n) is 5.33. The number of ether oxygens (including phenoxy) is 1. The predicted octanol–water partition coefficient (Wildman–Crippen LogP) is 0.459. The number of rotatable bonds is 4. The van der Waals surface area contributed by atoms with E-state index in [9.17, 15) is 9.59 Å². The number of tetrazole rings is 1. The van der Waals surface area contributed by atoms with Crippen LogP contribution in [0, 0.1) is 23.7 Å². The van der Waals surface area contributed by atoms with Crippen LogP contribution in [0.25, 0.3) is 5.82 Å². The van der Waals surface area contributed by atoms with Gasteiger partial charge in [0.1, 0.15) is 12.0 Å². The Morgan fingerprint density at radius 3 is 2.93 bits per heavy atom. The molecular weight excluding hydrogens is 350 g/mol. The Balaban J connectivity index is 1.51. The van der Waals surface area contributed by atoms with Crippen LogP contribution in [-0.4, -0.2) is 66.9 Å². The summed E-state index contributed by atoms with van der Waals surface area (Å²) in [5.41, 5.74) is 0.365. The molecule has 1 amide bonds. The number of carbonyl (C=O) groups excluding carboxylic acids is 2. The second kappa shape index (κ2) is 6.93. The standard InChI is InChI=1S/C17H21N7O3/c1-3-27-17(26)15-10(2)4-5-11-7-23(8-12(11)15)16(25)13-6-14(20-19-13)24-9-18-21-22-24/h4-6,9-12,15H,3,7-8H2,1-2H3,(H,19,20)/t10-,11-,12-,15-/m0/s1. The van der Waals surface area contributed by atoms with Crippen LogP contribution < -0.4 is 0 Å². The Morgan fingerprint density at radius 2 is 2.19 bits per heavy atom. The minimum absolute atomic E-state index is 0.0647. The number of allylic oxidation sites excluding steroid dienone is 1. The van der Waals surface area contributed by atoms with Gasteiger partial charge in [0.2, 0.25) is 0 Å². The molecule has 0 spiro atoms. The zero-order valence-corrected chi connectivity index (χ0v) is 15.1. The molecule has 2 aliphatic rings. The molecule has 4 rings (SSSR count). The summed E-state index contributed by atoms with van der Waals surface area (Å²) >= 11 is 0. The fraction of sp³-hybridized carbons (Fsp3) is 0.529. The second-order valence-corrected chi connectivity index (χ2v) is 6.95. The summed E-state index contributed by atoms with van der Waals surface area (Å²) in [4.78, 5) is 27.1. The van der Waals surface area contributed by atoms with Crippen LogP contribution in [0.15, 0.2) is 24.5 Å². The minimum atomic E-state index is -0.226. The van der Waals surface area contributed by atoms with Crippen LogP contribution in [0.5, 0.6) is 0 Å². The number of aromatic nitrogens is 6. The molecule has 1 saturated heterocycles. The van der Waals surface area contributed by atoms with Crippen molar-refractivity contribution in [1.82, 2.24) is 35.3 Å². The molecule has 10 heteroatoms. The molecule has 1 N–H and O–H groups in total. The van der Waals surface area contributed by atoms with Crippen molar-refractivity contribution in [2.24, 2.45) is 23.7 Å². The van der Waals surface area contributed by atoms with Gasteiger partial charge in [0, 0.05) is 19.2 Å². The van der Waals surface area contributed by atoms with Gasteiger partial charge in [0.15, 0.2) is 5.82 Å². The lowest BCUT2D eigenvalue weighted by atomic mass is 9.72. The molecule has 4 atom stereocenters. The van der Waals surface area contributed by atoms with Crippen LogP contribution in [0.2, 0.25) is 0 Å². The van der Waals surface area contributed by atoms with E-state index in [2.05, 4.69) is 37.9 Å². The Morgan fingerprint density at radius 1 is 1.33 bits per heavy atom. The number of hydrogen-bond donors (Lipinski definition) is 1. The molecule has 1 aliphatic carbocycles. The van der Waals surface area contributed by atoms with Crippen molar-refractivity contribution in [3.05, 3.63) is 30.2 Å². The molecule has 1 fully saturated rings. The van der Waals surface area contributed by atoms with Gasteiger partial charge in [0.05, 0.1) is 12.5 Å². The van der Waals surface area contributed by atoms with Gasteiger partial charge >= 0.3 is 5.97 Å². The first-order valence-electron chi connectivity index (χ1n) is 9.01. The molecule has 0 bridgehead atoms. The number of nitrogens with zero attached hydrogens (tertiary/aromatic N) is 6. The van der Waals surface area contributed by atoms with Crippen LogP contribution in [0.4, 0.5) is 0 Å². The molecule has 3 heterocycles. The highest BCUT2D eigenvalue weighted by atomic mass is 16.5. The number of aromatic amines is 1. The van der Waals surface area contributed by atoms with E-state index in [1.54, 1.807) is 11.0 Å². The average Bonchev–Trinajstić information content (AvgIpc) is 3.39. The van der Waals surface area contributed by atoms with Crippen LogP contribution >= 0.6 is 0 Å². The predicted molar refractivity (Wildman–Crippen MR) is 92.6 cm³/mol. The van der Waals surface area contributed by atoms with Crippen LogP contribution in [-0.2, 0) is 9.53 Å². The first-order chi connectivity index (χ1) is 13.1. The SMILES string of the molecule is CCOC(=O)[C@@H]1[C@H]2CN(C(=O)c3cc(-n4cnnn4)n[nH]3)C[C@@H]2C=C[C@@H]1C. The van der Waals surface area contributed by atoms with Crippen LogP contribution in [0.1, 0.15) is 24.3 Å². The molecule has 0 radical (unpaired) electrons. The summed E-state index contributed by atoms with van der Waals surface area (Å²) in [5.74, 6) is 0.200. The van der Waals surface area contributed by atoms with E-state index >= 15 is 0 Å². The maximum absolute atomic E-state index is 12.9. The largest absolute Gasteiger partial charge is 0.466 e. The number of amides is 1. The minimum Gasteiger partial charge on any atom is -0.466 e. The van der Waals surface area contributed by atoms with E-state index in [0.29, 0.717) is 31.2 Å².